The van der Waals surface area contributed by atoms with E-state index in [2.05, 4.69) is 75.6 Å². The molecule has 4 rings (SSSR count). The summed E-state index contributed by atoms with van der Waals surface area (Å²) in [6, 6.07) is 12.8. The molecule has 0 saturated carbocycles. The van der Waals surface area contributed by atoms with E-state index in [-0.39, 0.29) is 0 Å². The molecule has 6 heteroatoms. The SMILES string of the molecule is Cc1ccc(C)c(-n2ccn(C[NH+]3CCN(c4cccc[nH+]4)CC3)c2=S)c1. The number of nitrogens with one attached hydrogen (secondary N) is 2. The molecule has 140 valence electrons. The van der Waals surface area contributed by atoms with Crippen molar-refractivity contribution in [2.75, 3.05) is 31.1 Å². The quantitative estimate of drug-likeness (QED) is 0.699. The Morgan fingerprint density at radius 1 is 1.07 bits per heavy atom. The van der Waals surface area contributed by atoms with Gasteiger partial charge in [-0.1, -0.05) is 18.2 Å². The highest BCUT2D eigenvalue weighted by atomic mass is 32.1. The van der Waals surface area contributed by atoms with Gasteiger partial charge in [-0.2, -0.15) is 0 Å². The predicted molar refractivity (Wildman–Crippen MR) is 110 cm³/mol. The maximum absolute atomic E-state index is 5.78. The Morgan fingerprint density at radius 3 is 2.63 bits per heavy atom. The highest BCUT2D eigenvalue weighted by molar-refractivity contribution is 7.71. The monoisotopic (exact) mass is 381 g/mol. The molecule has 0 radical (unpaired) electrons. The van der Waals surface area contributed by atoms with Crippen LogP contribution in [-0.2, 0) is 6.67 Å². The standard InChI is InChI=1S/C21H25N5S/c1-17-6-7-18(2)19(15-17)26-14-13-25(21(26)27)16-23-9-11-24(12-10-23)20-5-3-4-8-22-20/h3-8,13-15H,9-12,16H2,1-2H3/p+2. The van der Waals surface area contributed by atoms with Crippen molar-refractivity contribution in [1.82, 2.24) is 9.13 Å². The summed E-state index contributed by atoms with van der Waals surface area (Å²) in [5.74, 6) is 1.20. The van der Waals surface area contributed by atoms with Crippen LogP contribution in [0, 0.1) is 18.6 Å². The van der Waals surface area contributed by atoms with Crippen LogP contribution in [0.15, 0.2) is 55.0 Å². The van der Waals surface area contributed by atoms with Crippen molar-refractivity contribution in [3.63, 3.8) is 0 Å². The molecule has 0 spiro atoms. The van der Waals surface area contributed by atoms with Crippen LogP contribution >= 0.6 is 12.2 Å². The Kier molecular flexibility index (Phi) is 5.09. The highest BCUT2D eigenvalue weighted by Crippen LogP contribution is 2.17. The first kappa shape index (κ1) is 17.9. The van der Waals surface area contributed by atoms with Gasteiger partial charge in [0.25, 0.3) is 5.82 Å². The third-order valence-corrected chi connectivity index (χ3v) is 5.80. The third-order valence-electron chi connectivity index (χ3n) is 5.37. The number of aromatic nitrogens is 3. The van der Waals surface area contributed by atoms with Gasteiger partial charge < -0.3 is 4.90 Å². The first-order valence-electron chi connectivity index (χ1n) is 9.52. The van der Waals surface area contributed by atoms with E-state index in [1.807, 2.05) is 12.3 Å². The lowest BCUT2D eigenvalue weighted by Crippen LogP contribution is -3.14. The van der Waals surface area contributed by atoms with E-state index in [1.54, 1.807) is 4.90 Å². The zero-order valence-corrected chi connectivity index (χ0v) is 16.8. The van der Waals surface area contributed by atoms with Crippen molar-refractivity contribution >= 4 is 18.0 Å². The minimum atomic E-state index is 0.870. The van der Waals surface area contributed by atoms with Crippen molar-refractivity contribution in [2.45, 2.75) is 20.5 Å². The topological polar surface area (TPSA) is 31.7 Å². The Hall–Kier alpha value is -2.44. The summed E-state index contributed by atoms with van der Waals surface area (Å²) in [7, 11) is 0. The molecule has 3 aromatic rings. The maximum atomic E-state index is 5.78. The molecule has 1 saturated heterocycles. The maximum Gasteiger partial charge on any atom is 0.274 e. The first-order chi connectivity index (χ1) is 13.1. The molecule has 1 aliphatic heterocycles. The number of anilines is 1. The molecule has 2 aromatic heterocycles. The Labute approximate surface area is 165 Å². The summed E-state index contributed by atoms with van der Waals surface area (Å²) in [5.41, 5.74) is 3.68. The van der Waals surface area contributed by atoms with Crippen LogP contribution < -0.4 is 14.8 Å². The molecule has 0 bridgehead atoms. The fraction of sp³-hybridized carbons (Fsp3) is 0.333. The van der Waals surface area contributed by atoms with Gasteiger partial charge >= 0.3 is 0 Å². The largest absolute Gasteiger partial charge is 0.311 e. The summed E-state index contributed by atoms with van der Waals surface area (Å²) in [5, 5.41) is 0. The third kappa shape index (κ3) is 3.82. The van der Waals surface area contributed by atoms with Crippen LogP contribution in [-0.4, -0.2) is 35.3 Å². The van der Waals surface area contributed by atoms with Crippen molar-refractivity contribution in [3.8, 4) is 5.69 Å². The molecule has 27 heavy (non-hydrogen) atoms. The lowest BCUT2D eigenvalue weighted by molar-refractivity contribution is -0.923. The Bertz CT molecular complexity index is 968. The second kappa shape index (κ2) is 7.66. The van der Waals surface area contributed by atoms with E-state index in [0.717, 1.165) is 37.6 Å². The van der Waals surface area contributed by atoms with Gasteiger partial charge in [-0.15, -0.1) is 0 Å². The van der Waals surface area contributed by atoms with Crippen LogP contribution in [0.2, 0.25) is 0 Å². The lowest BCUT2D eigenvalue weighted by Gasteiger charge is -2.28. The molecular weight excluding hydrogens is 354 g/mol. The van der Waals surface area contributed by atoms with Gasteiger partial charge in [-0.25, -0.2) is 4.98 Å². The normalized spacial score (nSPS) is 15.3. The van der Waals surface area contributed by atoms with Gasteiger partial charge in [0.15, 0.2) is 11.4 Å². The number of H-pyrrole nitrogens is 1. The number of hydrogen-bond acceptors (Lipinski definition) is 2. The zero-order chi connectivity index (χ0) is 18.8. The molecule has 3 heterocycles. The second-order valence-electron chi connectivity index (χ2n) is 7.35. The Morgan fingerprint density at radius 2 is 1.89 bits per heavy atom. The average molecular weight is 382 g/mol. The number of rotatable bonds is 4. The summed E-state index contributed by atoms with van der Waals surface area (Å²) >= 11 is 5.78. The number of benzene rings is 1. The van der Waals surface area contributed by atoms with Crippen molar-refractivity contribution in [2.24, 2.45) is 0 Å². The van der Waals surface area contributed by atoms with Crippen molar-refractivity contribution in [3.05, 3.63) is 70.9 Å². The van der Waals surface area contributed by atoms with Crippen LogP contribution in [0.5, 0.6) is 0 Å². The van der Waals surface area contributed by atoms with Gasteiger partial charge in [0.1, 0.15) is 26.2 Å². The minimum absolute atomic E-state index is 0.870. The average Bonchev–Trinajstić information content (AvgIpc) is 3.05. The fourth-order valence-corrected chi connectivity index (χ4v) is 4.02. The molecule has 1 aliphatic rings. The number of hydrogen-bond donors (Lipinski definition) is 1. The Balaban J connectivity index is 1.45. The zero-order valence-electron chi connectivity index (χ0n) is 16.0. The molecule has 0 aliphatic carbocycles. The second-order valence-corrected chi connectivity index (χ2v) is 7.72. The van der Waals surface area contributed by atoms with Crippen molar-refractivity contribution in [1.29, 1.82) is 0 Å². The van der Waals surface area contributed by atoms with E-state index in [4.69, 9.17) is 12.2 Å². The number of quaternary nitrogens is 1. The number of aromatic amines is 1. The summed E-state index contributed by atoms with van der Waals surface area (Å²) < 4.78 is 5.21. The van der Waals surface area contributed by atoms with Crippen LogP contribution in [0.3, 0.4) is 0 Å². The predicted octanol–water partition coefficient (Wildman–Crippen LogP) is 1.80. The number of piperazine rings is 1. The molecule has 2 N–H and O–H groups in total. The van der Waals surface area contributed by atoms with Crippen LogP contribution in [0.1, 0.15) is 11.1 Å². The summed E-state index contributed by atoms with van der Waals surface area (Å²) in [6.45, 7) is 9.51. The molecule has 0 amide bonds. The number of imidazole rings is 1. The number of aryl methyl sites for hydroxylation is 2. The molecule has 0 unspecified atom stereocenters. The van der Waals surface area contributed by atoms with Crippen LogP contribution in [0.25, 0.3) is 5.69 Å². The van der Waals surface area contributed by atoms with Gasteiger partial charge in [-0.3, -0.25) is 14.0 Å². The van der Waals surface area contributed by atoms with Gasteiger partial charge in [0.2, 0.25) is 0 Å². The van der Waals surface area contributed by atoms with E-state index in [0.29, 0.717) is 0 Å². The van der Waals surface area contributed by atoms with Crippen LogP contribution in [0.4, 0.5) is 5.82 Å². The van der Waals surface area contributed by atoms with Crippen molar-refractivity contribution < 1.29 is 9.88 Å². The molecule has 5 nitrogen and oxygen atoms in total. The minimum Gasteiger partial charge on any atom is -0.311 e. The molecular formula is C21H27N5S+2. The summed E-state index contributed by atoms with van der Waals surface area (Å²) in [4.78, 5) is 7.32. The highest BCUT2D eigenvalue weighted by Gasteiger charge is 2.26. The van der Waals surface area contributed by atoms with Gasteiger partial charge in [-0.05, 0) is 49.3 Å². The van der Waals surface area contributed by atoms with E-state index >= 15 is 0 Å². The van der Waals surface area contributed by atoms with Gasteiger partial charge in [0, 0.05) is 18.5 Å². The van der Waals surface area contributed by atoms with E-state index in [9.17, 15) is 0 Å². The lowest BCUT2D eigenvalue weighted by atomic mass is 10.1. The molecule has 0 atom stereocenters. The smallest absolute Gasteiger partial charge is 0.274 e. The molecule has 1 aromatic carbocycles. The fourth-order valence-electron chi connectivity index (χ4n) is 3.74. The number of nitrogens with zero attached hydrogens (tertiary/aromatic N) is 3. The summed E-state index contributed by atoms with van der Waals surface area (Å²) in [6.07, 6.45) is 6.21. The first-order valence-corrected chi connectivity index (χ1v) is 9.93. The molecule has 1 fully saturated rings. The van der Waals surface area contributed by atoms with E-state index < -0.39 is 0 Å². The van der Waals surface area contributed by atoms with E-state index in [1.165, 1.54) is 22.6 Å². The van der Waals surface area contributed by atoms with Gasteiger partial charge in [0.05, 0.1) is 11.9 Å². The number of pyridine rings is 1.